The molecule has 1 unspecified atom stereocenters. The minimum absolute atomic E-state index is 0.0117. The first-order valence-corrected chi connectivity index (χ1v) is 11.6. The second-order valence-corrected chi connectivity index (χ2v) is 9.49. The van der Waals surface area contributed by atoms with Gasteiger partial charge in [-0.25, -0.2) is 8.42 Å². The van der Waals surface area contributed by atoms with Crippen LogP contribution in [-0.2, 0) is 25.8 Å². The van der Waals surface area contributed by atoms with Crippen molar-refractivity contribution < 1.29 is 23.1 Å². The van der Waals surface area contributed by atoms with Crippen LogP contribution in [0.15, 0.2) is 65.6 Å². The maximum Gasteiger partial charge on any atom is 0.242 e. The van der Waals surface area contributed by atoms with Gasteiger partial charge in [0.15, 0.2) is 9.84 Å². The Hall–Kier alpha value is -2.71. The molecule has 0 radical (unpaired) electrons. The lowest BCUT2D eigenvalue weighted by Crippen LogP contribution is -2.40. The van der Waals surface area contributed by atoms with E-state index in [4.69, 9.17) is 0 Å². The number of amides is 2. The summed E-state index contributed by atoms with van der Waals surface area (Å²) in [4.78, 5) is 28.2. The molecule has 8 heteroatoms. The third kappa shape index (κ3) is 5.90. The minimum atomic E-state index is -3.59. The van der Waals surface area contributed by atoms with E-state index in [1.165, 1.54) is 17.0 Å². The Morgan fingerprint density at radius 3 is 2.30 bits per heavy atom. The summed E-state index contributed by atoms with van der Waals surface area (Å²) in [6.07, 6.45) is -0.453. The lowest BCUT2D eigenvalue weighted by atomic mass is 10.1. The third-order valence-corrected chi connectivity index (χ3v) is 6.83. The fourth-order valence-electron chi connectivity index (χ4n) is 3.44. The Morgan fingerprint density at radius 1 is 1.00 bits per heavy atom. The van der Waals surface area contributed by atoms with Gasteiger partial charge < -0.3 is 14.9 Å². The van der Waals surface area contributed by atoms with Crippen LogP contribution >= 0.6 is 0 Å². The zero-order valence-corrected chi connectivity index (χ0v) is 17.5. The van der Waals surface area contributed by atoms with Crippen molar-refractivity contribution in [1.29, 1.82) is 0 Å². The number of nitrogens with zero attached hydrogens (tertiary/aromatic N) is 2. The van der Waals surface area contributed by atoms with Crippen LogP contribution < -0.4 is 0 Å². The van der Waals surface area contributed by atoms with E-state index in [2.05, 4.69) is 0 Å². The van der Waals surface area contributed by atoms with Crippen molar-refractivity contribution in [1.82, 2.24) is 9.80 Å². The molecule has 160 valence electrons. The number of aliphatic hydroxyl groups excluding tert-OH is 1. The Bertz CT molecular complexity index is 964. The van der Waals surface area contributed by atoms with Crippen molar-refractivity contribution in [2.24, 2.45) is 0 Å². The number of sulfone groups is 1. The molecule has 2 amide bonds. The predicted molar refractivity (Wildman–Crippen MR) is 112 cm³/mol. The summed E-state index contributed by atoms with van der Waals surface area (Å²) in [7, 11) is -3.59. The van der Waals surface area contributed by atoms with Crippen molar-refractivity contribution in [3.63, 3.8) is 0 Å². The number of aliphatic hydroxyl groups is 1. The van der Waals surface area contributed by atoms with Gasteiger partial charge in [0.05, 0.1) is 23.3 Å². The number of rotatable bonds is 7. The van der Waals surface area contributed by atoms with Crippen molar-refractivity contribution in [3.8, 4) is 0 Å². The fraction of sp³-hybridized carbons (Fsp3) is 0.364. The van der Waals surface area contributed by atoms with E-state index in [9.17, 15) is 23.1 Å². The molecule has 3 rings (SSSR count). The van der Waals surface area contributed by atoms with Gasteiger partial charge in [-0.2, -0.15) is 0 Å². The average molecular weight is 431 g/mol. The molecule has 1 heterocycles. The highest BCUT2D eigenvalue weighted by molar-refractivity contribution is 7.91. The van der Waals surface area contributed by atoms with Crippen molar-refractivity contribution in [2.75, 3.05) is 31.9 Å². The van der Waals surface area contributed by atoms with Gasteiger partial charge in [0.2, 0.25) is 11.8 Å². The van der Waals surface area contributed by atoms with E-state index in [-0.39, 0.29) is 42.6 Å². The summed E-state index contributed by atoms with van der Waals surface area (Å²) < 4.78 is 24.8. The topological polar surface area (TPSA) is 95.0 Å². The second kappa shape index (κ2) is 9.86. The Balaban J connectivity index is 1.57. The number of benzene rings is 2. The molecule has 1 aliphatic heterocycles. The maximum absolute atomic E-state index is 12.6. The first-order chi connectivity index (χ1) is 14.3. The maximum atomic E-state index is 12.6. The van der Waals surface area contributed by atoms with Crippen LogP contribution in [0.3, 0.4) is 0 Å². The lowest BCUT2D eigenvalue weighted by molar-refractivity contribution is -0.138. The van der Waals surface area contributed by atoms with Crippen LogP contribution in [0.2, 0.25) is 0 Å². The monoisotopic (exact) mass is 430 g/mol. The highest BCUT2D eigenvalue weighted by atomic mass is 32.2. The molecule has 1 N–H and O–H groups in total. The molecule has 0 spiro atoms. The van der Waals surface area contributed by atoms with Gasteiger partial charge in [-0.3, -0.25) is 9.59 Å². The molecule has 1 aliphatic rings. The van der Waals surface area contributed by atoms with Crippen molar-refractivity contribution >= 4 is 21.7 Å². The van der Waals surface area contributed by atoms with Crippen LogP contribution in [0, 0.1) is 0 Å². The molecule has 1 fully saturated rings. The molecular formula is C22H26N2O5S. The molecule has 0 bridgehead atoms. The van der Waals surface area contributed by atoms with E-state index in [1.54, 1.807) is 23.1 Å². The quantitative estimate of drug-likeness (QED) is 0.711. The van der Waals surface area contributed by atoms with Crippen LogP contribution in [0.25, 0.3) is 0 Å². The number of carbonyl (C=O) groups is 2. The molecule has 0 aliphatic carbocycles. The highest BCUT2D eigenvalue weighted by Crippen LogP contribution is 2.13. The number of β-amino-alcohol motifs (C(OH)–C–C–N with tert-alkyl or cyclic N) is 1. The molecule has 30 heavy (non-hydrogen) atoms. The summed E-state index contributed by atoms with van der Waals surface area (Å²) in [5.41, 5.74) is 1.09. The minimum Gasteiger partial charge on any atom is -0.389 e. The van der Waals surface area contributed by atoms with Crippen LogP contribution in [-0.4, -0.2) is 73.2 Å². The Kier molecular flexibility index (Phi) is 7.23. The molecule has 7 nitrogen and oxygen atoms in total. The van der Waals surface area contributed by atoms with E-state index in [0.717, 1.165) is 5.56 Å². The largest absolute Gasteiger partial charge is 0.389 e. The first kappa shape index (κ1) is 22.0. The number of hydrogen-bond acceptors (Lipinski definition) is 5. The van der Waals surface area contributed by atoms with Gasteiger partial charge in [-0.1, -0.05) is 48.5 Å². The van der Waals surface area contributed by atoms with E-state index >= 15 is 0 Å². The standard InChI is InChI=1S/C22H26N2O5S/c25-19-15-23(13-11-18-7-3-1-4-8-18)22(27)17-24(16-19)21(26)12-14-30(28,29)20-9-5-2-6-10-20/h1-10,19,25H,11-17H2. The first-order valence-electron chi connectivity index (χ1n) is 9.90. The SMILES string of the molecule is O=C1CN(C(=O)CCS(=O)(=O)c2ccccc2)CC(O)CN1CCc1ccccc1. The normalized spacial score (nSPS) is 17.6. The average Bonchev–Trinajstić information content (AvgIpc) is 2.89. The molecule has 1 saturated heterocycles. The zero-order valence-electron chi connectivity index (χ0n) is 16.7. The zero-order chi connectivity index (χ0) is 21.6. The fourth-order valence-corrected chi connectivity index (χ4v) is 4.69. The smallest absolute Gasteiger partial charge is 0.242 e. The van der Waals surface area contributed by atoms with Gasteiger partial charge in [-0.15, -0.1) is 0 Å². The molecule has 0 saturated carbocycles. The van der Waals surface area contributed by atoms with Gasteiger partial charge in [0.25, 0.3) is 0 Å². The molecule has 0 aromatic heterocycles. The number of hydrogen-bond donors (Lipinski definition) is 1. The van der Waals surface area contributed by atoms with Crippen LogP contribution in [0.1, 0.15) is 12.0 Å². The van der Waals surface area contributed by atoms with Gasteiger partial charge in [0, 0.05) is 26.1 Å². The van der Waals surface area contributed by atoms with E-state index in [1.807, 2.05) is 30.3 Å². The van der Waals surface area contributed by atoms with E-state index in [0.29, 0.717) is 13.0 Å². The highest BCUT2D eigenvalue weighted by Gasteiger charge is 2.29. The third-order valence-electron chi connectivity index (χ3n) is 5.09. The van der Waals surface area contributed by atoms with Gasteiger partial charge in [-0.05, 0) is 24.1 Å². The molecular weight excluding hydrogens is 404 g/mol. The van der Waals surface area contributed by atoms with Crippen LogP contribution in [0.4, 0.5) is 0 Å². The number of carbonyl (C=O) groups excluding carboxylic acids is 2. The Labute approximate surface area is 176 Å². The summed E-state index contributed by atoms with van der Waals surface area (Å²) >= 11 is 0. The van der Waals surface area contributed by atoms with Crippen molar-refractivity contribution in [2.45, 2.75) is 23.8 Å². The van der Waals surface area contributed by atoms with Gasteiger partial charge in [0.1, 0.15) is 0 Å². The van der Waals surface area contributed by atoms with Crippen LogP contribution in [0.5, 0.6) is 0 Å². The molecule has 2 aromatic rings. The summed E-state index contributed by atoms with van der Waals surface area (Å²) in [6.45, 7) is 0.454. The van der Waals surface area contributed by atoms with Crippen molar-refractivity contribution in [3.05, 3.63) is 66.2 Å². The molecule has 2 aromatic carbocycles. The molecule has 1 atom stereocenters. The summed E-state index contributed by atoms with van der Waals surface area (Å²) in [6, 6.07) is 17.7. The second-order valence-electron chi connectivity index (χ2n) is 7.39. The Morgan fingerprint density at radius 2 is 1.63 bits per heavy atom. The lowest BCUT2D eigenvalue weighted by Gasteiger charge is -2.22. The predicted octanol–water partition coefficient (Wildman–Crippen LogP) is 1.12. The summed E-state index contributed by atoms with van der Waals surface area (Å²) in [5, 5.41) is 10.3. The van der Waals surface area contributed by atoms with E-state index < -0.39 is 21.8 Å². The van der Waals surface area contributed by atoms with Gasteiger partial charge >= 0.3 is 0 Å². The summed E-state index contributed by atoms with van der Waals surface area (Å²) in [5.74, 6) is -1.04.